The van der Waals surface area contributed by atoms with Gasteiger partial charge in [0.15, 0.2) is 0 Å². The third-order valence-corrected chi connectivity index (χ3v) is 4.43. The Bertz CT molecular complexity index is 599. The van der Waals surface area contributed by atoms with Gasteiger partial charge < -0.3 is 5.73 Å². The monoisotopic (exact) mass is 321 g/mol. The third-order valence-electron chi connectivity index (χ3n) is 3.35. The van der Waals surface area contributed by atoms with E-state index in [0.717, 1.165) is 26.7 Å². The Hall–Kier alpha value is -1.19. The van der Waals surface area contributed by atoms with Gasteiger partial charge in [-0.05, 0) is 49.1 Å². The van der Waals surface area contributed by atoms with Gasteiger partial charge in [-0.25, -0.2) is 4.39 Å². The summed E-state index contributed by atoms with van der Waals surface area (Å²) in [6.45, 7) is 5.78. The third kappa shape index (κ3) is 2.72. The molecule has 0 aromatic heterocycles. The van der Waals surface area contributed by atoms with Crippen LogP contribution in [0, 0.1) is 26.6 Å². The highest BCUT2D eigenvalue weighted by molar-refractivity contribution is 9.10. The number of rotatable bonds is 2. The normalized spacial score (nSPS) is 12.5. The van der Waals surface area contributed by atoms with Crippen molar-refractivity contribution in [3.05, 3.63) is 68.4 Å². The molecule has 3 heteroatoms. The molecule has 1 atom stereocenters. The van der Waals surface area contributed by atoms with E-state index >= 15 is 0 Å². The lowest BCUT2D eigenvalue weighted by atomic mass is 9.93. The van der Waals surface area contributed by atoms with E-state index in [1.165, 1.54) is 6.07 Å². The zero-order valence-corrected chi connectivity index (χ0v) is 12.9. The van der Waals surface area contributed by atoms with Crippen molar-refractivity contribution in [1.82, 2.24) is 0 Å². The Morgan fingerprint density at radius 2 is 1.79 bits per heavy atom. The van der Waals surface area contributed by atoms with Crippen molar-refractivity contribution >= 4 is 15.9 Å². The van der Waals surface area contributed by atoms with Gasteiger partial charge in [0.1, 0.15) is 5.82 Å². The van der Waals surface area contributed by atoms with Crippen LogP contribution in [0.4, 0.5) is 4.39 Å². The highest BCUT2D eigenvalue weighted by Gasteiger charge is 2.19. The highest BCUT2D eigenvalue weighted by atomic mass is 79.9. The summed E-state index contributed by atoms with van der Waals surface area (Å²) in [6.07, 6.45) is 0. The smallest absolute Gasteiger partial charge is 0.128 e. The first kappa shape index (κ1) is 14.2. The average molecular weight is 322 g/mol. The summed E-state index contributed by atoms with van der Waals surface area (Å²) in [5.74, 6) is -0.238. The average Bonchev–Trinajstić information content (AvgIpc) is 2.31. The minimum atomic E-state index is -0.463. The van der Waals surface area contributed by atoms with Gasteiger partial charge in [0, 0.05) is 10.0 Å². The second kappa shape index (κ2) is 5.43. The molecule has 0 radical (unpaired) electrons. The van der Waals surface area contributed by atoms with E-state index < -0.39 is 6.04 Å². The van der Waals surface area contributed by atoms with Crippen LogP contribution < -0.4 is 5.73 Å². The van der Waals surface area contributed by atoms with E-state index in [9.17, 15) is 4.39 Å². The van der Waals surface area contributed by atoms with Crippen molar-refractivity contribution in [2.24, 2.45) is 5.73 Å². The minimum Gasteiger partial charge on any atom is -0.320 e. The molecule has 0 saturated carbocycles. The summed E-state index contributed by atoms with van der Waals surface area (Å²) in [6, 6.07) is 8.90. The van der Waals surface area contributed by atoms with Crippen molar-refractivity contribution < 1.29 is 4.39 Å². The van der Waals surface area contributed by atoms with Gasteiger partial charge in [-0.15, -0.1) is 0 Å². The quantitative estimate of drug-likeness (QED) is 0.862. The molecule has 0 amide bonds. The Labute approximate surface area is 121 Å². The van der Waals surface area contributed by atoms with Crippen LogP contribution in [0.3, 0.4) is 0 Å². The van der Waals surface area contributed by atoms with Gasteiger partial charge >= 0.3 is 0 Å². The molecular formula is C16H17BrFN. The lowest BCUT2D eigenvalue weighted by molar-refractivity contribution is 0.595. The SMILES string of the molecule is Cc1cc(C)c(C(N)c2cccc(C)c2Br)c(F)c1. The van der Waals surface area contributed by atoms with Gasteiger partial charge in [0.05, 0.1) is 6.04 Å². The van der Waals surface area contributed by atoms with Gasteiger partial charge in [0.25, 0.3) is 0 Å². The maximum atomic E-state index is 14.2. The molecule has 2 N–H and O–H groups in total. The minimum absolute atomic E-state index is 0.238. The molecule has 1 unspecified atom stereocenters. The highest BCUT2D eigenvalue weighted by Crippen LogP contribution is 2.32. The van der Waals surface area contributed by atoms with Crippen LogP contribution in [0.25, 0.3) is 0 Å². The van der Waals surface area contributed by atoms with Crippen molar-refractivity contribution in [2.45, 2.75) is 26.8 Å². The number of hydrogen-bond acceptors (Lipinski definition) is 1. The first-order valence-corrected chi connectivity index (χ1v) is 6.98. The predicted octanol–water partition coefficient (Wildman–Crippen LogP) is 4.56. The molecule has 2 rings (SSSR count). The Kier molecular flexibility index (Phi) is 4.07. The second-order valence-electron chi connectivity index (χ2n) is 4.93. The molecule has 100 valence electrons. The number of halogens is 2. The predicted molar refractivity (Wildman–Crippen MR) is 80.8 cm³/mol. The topological polar surface area (TPSA) is 26.0 Å². The van der Waals surface area contributed by atoms with E-state index in [0.29, 0.717) is 5.56 Å². The Morgan fingerprint density at radius 3 is 2.42 bits per heavy atom. The molecule has 2 aromatic carbocycles. The first-order chi connectivity index (χ1) is 8.91. The van der Waals surface area contributed by atoms with E-state index in [4.69, 9.17) is 5.73 Å². The molecule has 0 aliphatic carbocycles. The molecule has 0 aliphatic heterocycles. The molecule has 19 heavy (non-hydrogen) atoms. The summed E-state index contributed by atoms with van der Waals surface area (Å²) < 4.78 is 15.1. The van der Waals surface area contributed by atoms with Gasteiger partial charge in [0.2, 0.25) is 0 Å². The molecule has 0 fully saturated rings. The fraction of sp³-hybridized carbons (Fsp3) is 0.250. The molecule has 0 bridgehead atoms. The molecule has 1 nitrogen and oxygen atoms in total. The summed E-state index contributed by atoms with van der Waals surface area (Å²) in [5, 5.41) is 0. The molecule has 2 aromatic rings. The van der Waals surface area contributed by atoms with E-state index in [1.807, 2.05) is 45.0 Å². The zero-order chi connectivity index (χ0) is 14.2. The van der Waals surface area contributed by atoms with Gasteiger partial charge in [-0.1, -0.05) is 40.2 Å². The summed E-state index contributed by atoms with van der Waals surface area (Å²) in [7, 11) is 0. The Morgan fingerprint density at radius 1 is 1.11 bits per heavy atom. The van der Waals surface area contributed by atoms with Gasteiger partial charge in [-0.3, -0.25) is 0 Å². The maximum Gasteiger partial charge on any atom is 0.128 e. The van der Waals surface area contributed by atoms with Crippen LogP contribution in [0.2, 0.25) is 0 Å². The van der Waals surface area contributed by atoms with Crippen molar-refractivity contribution in [3.63, 3.8) is 0 Å². The van der Waals surface area contributed by atoms with Crippen molar-refractivity contribution in [2.75, 3.05) is 0 Å². The first-order valence-electron chi connectivity index (χ1n) is 6.19. The molecular weight excluding hydrogens is 305 g/mol. The Balaban J connectivity index is 2.56. The maximum absolute atomic E-state index is 14.2. The van der Waals surface area contributed by atoms with Crippen LogP contribution in [-0.2, 0) is 0 Å². The molecule has 0 heterocycles. The standard InChI is InChI=1S/C16H17BrFN/c1-9-7-11(3)14(13(18)8-9)16(19)12-6-4-5-10(2)15(12)17/h4-8,16H,19H2,1-3H3. The van der Waals surface area contributed by atoms with Crippen LogP contribution in [-0.4, -0.2) is 0 Å². The van der Waals surface area contributed by atoms with Gasteiger partial charge in [-0.2, -0.15) is 0 Å². The summed E-state index contributed by atoms with van der Waals surface area (Å²) in [5.41, 5.74) is 10.6. The number of aryl methyl sites for hydroxylation is 3. The van der Waals surface area contributed by atoms with Crippen molar-refractivity contribution in [1.29, 1.82) is 0 Å². The van der Waals surface area contributed by atoms with Crippen LogP contribution in [0.5, 0.6) is 0 Å². The largest absolute Gasteiger partial charge is 0.320 e. The van der Waals surface area contributed by atoms with Crippen LogP contribution >= 0.6 is 15.9 Å². The lowest BCUT2D eigenvalue weighted by Crippen LogP contribution is -2.16. The fourth-order valence-electron chi connectivity index (χ4n) is 2.39. The second-order valence-corrected chi connectivity index (χ2v) is 5.73. The van der Waals surface area contributed by atoms with Crippen LogP contribution in [0.1, 0.15) is 33.9 Å². The summed E-state index contributed by atoms with van der Waals surface area (Å²) >= 11 is 3.54. The zero-order valence-electron chi connectivity index (χ0n) is 11.3. The summed E-state index contributed by atoms with van der Waals surface area (Å²) in [4.78, 5) is 0. The van der Waals surface area contributed by atoms with E-state index in [-0.39, 0.29) is 5.82 Å². The van der Waals surface area contributed by atoms with E-state index in [2.05, 4.69) is 15.9 Å². The number of hydrogen-bond donors (Lipinski definition) is 1. The molecule has 0 saturated heterocycles. The molecule has 0 aliphatic rings. The number of benzene rings is 2. The van der Waals surface area contributed by atoms with Crippen molar-refractivity contribution in [3.8, 4) is 0 Å². The van der Waals surface area contributed by atoms with Crippen LogP contribution in [0.15, 0.2) is 34.8 Å². The molecule has 0 spiro atoms. The van der Waals surface area contributed by atoms with E-state index in [1.54, 1.807) is 0 Å². The fourth-order valence-corrected chi connectivity index (χ4v) is 2.90. The lowest BCUT2D eigenvalue weighted by Gasteiger charge is -2.19. The number of nitrogens with two attached hydrogens (primary N) is 1.